The first-order chi connectivity index (χ1) is 8.79. The molecule has 0 atom stereocenters. The zero-order valence-corrected chi connectivity index (χ0v) is 10.1. The number of pyridine rings is 1. The van der Waals surface area contributed by atoms with E-state index in [4.69, 9.17) is 4.42 Å². The van der Waals surface area contributed by atoms with E-state index in [2.05, 4.69) is 15.6 Å². The summed E-state index contributed by atoms with van der Waals surface area (Å²) in [4.78, 5) is 15.9. The molecule has 2 rings (SSSR count). The fourth-order valence-electron chi connectivity index (χ4n) is 1.50. The van der Waals surface area contributed by atoms with Gasteiger partial charge in [0.1, 0.15) is 11.6 Å². The number of nitrogens with zero attached hydrogens (tertiary/aromatic N) is 1. The lowest BCUT2D eigenvalue weighted by Gasteiger charge is -2.05. The number of carbonyl (C=O) groups is 1. The molecule has 94 valence electrons. The van der Waals surface area contributed by atoms with E-state index >= 15 is 0 Å². The first-order valence-corrected chi connectivity index (χ1v) is 5.80. The summed E-state index contributed by atoms with van der Waals surface area (Å²) in [5.41, 5.74) is 0.531. The number of hydrogen-bond donors (Lipinski definition) is 2. The van der Waals surface area contributed by atoms with Crippen LogP contribution in [0.15, 0.2) is 41.1 Å². The number of rotatable bonds is 5. The molecule has 0 saturated carbocycles. The Morgan fingerprint density at radius 2 is 2.28 bits per heavy atom. The predicted molar refractivity (Wildman–Crippen MR) is 68.3 cm³/mol. The number of furan rings is 1. The molecule has 18 heavy (non-hydrogen) atoms. The molecular weight excluding hydrogens is 230 g/mol. The van der Waals surface area contributed by atoms with E-state index in [9.17, 15) is 4.79 Å². The highest BCUT2D eigenvalue weighted by Gasteiger charge is 2.06. The molecule has 2 aromatic heterocycles. The van der Waals surface area contributed by atoms with Crippen LogP contribution in [0, 0.1) is 0 Å². The Bertz CT molecular complexity index is 491. The smallest absolute Gasteiger partial charge is 0.253 e. The minimum atomic E-state index is -0.165. The molecule has 5 nitrogen and oxygen atoms in total. The van der Waals surface area contributed by atoms with Crippen molar-refractivity contribution in [1.82, 2.24) is 10.3 Å². The van der Waals surface area contributed by atoms with Gasteiger partial charge in [0.25, 0.3) is 5.91 Å². The summed E-state index contributed by atoms with van der Waals surface area (Å²) >= 11 is 0. The SMILES string of the molecule is CCNc1ccc(C(=O)NCc2ccco2)cn1. The van der Waals surface area contributed by atoms with E-state index in [-0.39, 0.29) is 5.91 Å². The molecule has 0 unspecified atom stereocenters. The summed E-state index contributed by atoms with van der Waals surface area (Å²) in [6.07, 6.45) is 3.13. The zero-order valence-electron chi connectivity index (χ0n) is 10.1. The molecule has 0 saturated heterocycles. The van der Waals surface area contributed by atoms with Crippen molar-refractivity contribution < 1.29 is 9.21 Å². The maximum absolute atomic E-state index is 11.8. The van der Waals surface area contributed by atoms with Crippen LogP contribution in [0.3, 0.4) is 0 Å². The van der Waals surface area contributed by atoms with Crippen molar-refractivity contribution in [3.8, 4) is 0 Å². The second-order valence-electron chi connectivity index (χ2n) is 3.72. The summed E-state index contributed by atoms with van der Waals surface area (Å²) in [6.45, 7) is 3.17. The molecule has 2 aromatic rings. The topological polar surface area (TPSA) is 67.2 Å². The van der Waals surface area contributed by atoms with Crippen LogP contribution >= 0.6 is 0 Å². The molecule has 0 bridgehead atoms. The molecule has 5 heteroatoms. The number of anilines is 1. The average molecular weight is 245 g/mol. The number of nitrogens with one attached hydrogen (secondary N) is 2. The summed E-state index contributed by atoms with van der Waals surface area (Å²) in [7, 11) is 0. The van der Waals surface area contributed by atoms with Crippen molar-refractivity contribution in [3.05, 3.63) is 48.0 Å². The highest BCUT2D eigenvalue weighted by atomic mass is 16.3. The van der Waals surface area contributed by atoms with Crippen molar-refractivity contribution in [2.75, 3.05) is 11.9 Å². The van der Waals surface area contributed by atoms with E-state index in [0.29, 0.717) is 12.1 Å². The van der Waals surface area contributed by atoms with Gasteiger partial charge < -0.3 is 15.1 Å². The molecule has 1 amide bonds. The normalized spacial score (nSPS) is 10.1. The fraction of sp³-hybridized carbons (Fsp3) is 0.231. The predicted octanol–water partition coefficient (Wildman–Crippen LogP) is 2.04. The molecule has 0 aromatic carbocycles. The van der Waals surface area contributed by atoms with Crippen molar-refractivity contribution in [2.45, 2.75) is 13.5 Å². The highest BCUT2D eigenvalue weighted by Crippen LogP contribution is 2.05. The molecule has 0 aliphatic carbocycles. The van der Waals surface area contributed by atoms with Gasteiger partial charge in [0, 0.05) is 12.7 Å². The second-order valence-corrected chi connectivity index (χ2v) is 3.72. The van der Waals surface area contributed by atoms with Crippen LogP contribution in [0.25, 0.3) is 0 Å². The Balaban J connectivity index is 1.92. The monoisotopic (exact) mass is 245 g/mol. The van der Waals surface area contributed by atoms with Gasteiger partial charge in [0.2, 0.25) is 0 Å². The molecule has 0 radical (unpaired) electrons. The van der Waals surface area contributed by atoms with Gasteiger partial charge in [-0.05, 0) is 31.2 Å². The van der Waals surface area contributed by atoms with Crippen LogP contribution in [0.2, 0.25) is 0 Å². The minimum absolute atomic E-state index is 0.165. The second kappa shape index (κ2) is 5.86. The van der Waals surface area contributed by atoms with Crippen molar-refractivity contribution >= 4 is 11.7 Å². The summed E-state index contributed by atoms with van der Waals surface area (Å²) < 4.78 is 5.13. The lowest BCUT2D eigenvalue weighted by molar-refractivity contribution is 0.0947. The molecule has 0 spiro atoms. The third kappa shape index (κ3) is 3.10. The molecular formula is C13H15N3O2. The minimum Gasteiger partial charge on any atom is -0.467 e. The third-order valence-electron chi connectivity index (χ3n) is 2.39. The van der Waals surface area contributed by atoms with Crippen LogP contribution in [0.5, 0.6) is 0 Å². The Labute approximate surface area is 105 Å². The van der Waals surface area contributed by atoms with E-state index in [1.807, 2.05) is 13.0 Å². The Morgan fingerprint density at radius 1 is 1.39 bits per heavy atom. The van der Waals surface area contributed by atoms with Gasteiger partial charge in [0.15, 0.2) is 0 Å². The van der Waals surface area contributed by atoms with Gasteiger partial charge in [-0.1, -0.05) is 0 Å². The molecule has 2 heterocycles. The van der Waals surface area contributed by atoms with Gasteiger partial charge in [-0.25, -0.2) is 4.98 Å². The lowest BCUT2D eigenvalue weighted by atomic mass is 10.2. The molecule has 0 aliphatic rings. The molecule has 2 N–H and O–H groups in total. The Hall–Kier alpha value is -2.30. The summed E-state index contributed by atoms with van der Waals surface area (Å²) in [5.74, 6) is 1.32. The quantitative estimate of drug-likeness (QED) is 0.845. The van der Waals surface area contributed by atoms with Crippen LogP contribution in [0.1, 0.15) is 23.0 Å². The zero-order chi connectivity index (χ0) is 12.8. The summed E-state index contributed by atoms with van der Waals surface area (Å²) in [5, 5.41) is 5.83. The van der Waals surface area contributed by atoms with Gasteiger partial charge in [-0.15, -0.1) is 0 Å². The molecule has 0 fully saturated rings. The van der Waals surface area contributed by atoms with Crippen LogP contribution in [-0.2, 0) is 6.54 Å². The molecule has 0 aliphatic heterocycles. The van der Waals surface area contributed by atoms with Crippen LogP contribution < -0.4 is 10.6 Å². The Morgan fingerprint density at radius 3 is 2.89 bits per heavy atom. The van der Waals surface area contributed by atoms with E-state index in [1.54, 1.807) is 30.7 Å². The van der Waals surface area contributed by atoms with Crippen molar-refractivity contribution in [2.24, 2.45) is 0 Å². The highest BCUT2D eigenvalue weighted by molar-refractivity contribution is 5.93. The average Bonchev–Trinajstić information content (AvgIpc) is 2.90. The summed E-state index contributed by atoms with van der Waals surface area (Å²) in [6, 6.07) is 7.12. The van der Waals surface area contributed by atoms with Gasteiger partial charge in [0.05, 0.1) is 18.4 Å². The number of carbonyl (C=O) groups excluding carboxylic acids is 1. The lowest BCUT2D eigenvalue weighted by Crippen LogP contribution is -2.22. The van der Waals surface area contributed by atoms with Crippen molar-refractivity contribution in [1.29, 1.82) is 0 Å². The number of hydrogen-bond acceptors (Lipinski definition) is 4. The van der Waals surface area contributed by atoms with Crippen LogP contribution in [-0.4, -0.2) is 17.4 Å². The number of aromatic nitrogens is 1. The fourth-order valence-corrected chi connectivity index (χ4v) is 1.50. The first kappa shape index (κ1) is 12.2. The van der Waals surface area contributed by atoms with Crippen molar-refractivity contribution in [3.63, 3.8) is 0 Å². The van der Waals surface area contributed by atoms with Gasteiger partial charge in [-0.2, -0.15) is 0 Å². The largest absolute Gasteiger partial charge is 0.467 e. The van der Waals surface area contributed by atoms with Gasteiger partial charge in [-0.3, -0.25) is 4.79 Å². The maximum Gasteiger partial charge on any atom is 0.253 e. The maximum atomic E-state index is 11.8. The van der Waals surface area contributed by atoms with E-state index in [0.717, 1.165) is 18.1 Å². The number of amides is 1. The van der Waals surface area contributed by atoms with Crippen LogP contribution in [0.4, 0.5) is 5.82 Å². The standard InChI is InChI=1S/C13H15N3O2/c1-2-14-12-6-5-10(8-15-12)13(17)16-9-11-4-3-7-18-11/h3-8H,2,9H2,1H3,(H,14,15)(H,16,17). The van der Waals surface area contributed by atoms with E-state index in [1.165, 1.54) is 0 Å². The first-order valence-electron chi connectivity index (χ1n) is 5.80. The van der Waals surface area contributed by atoms with E-state index < -0.39 is 0 Å². The Kier molecular flexibility index (Phi) is 3.96. The van der Waals surface area contributed by atoms with Gasteiger partial charge >= 0.3 is 0 Å². The third-order valence-corrected chi connectivity index (χ3v) is 2.39.